The Bertz CT molecular complexity index is 654. The van der Waals surface area contributed by atoms with Gasteiger partial charge in [0, 0.05) is 19.1 Å². The van der Waals surface area contributed by atoms with Gasteiger partial charge in [0.05, 0.1) is 5.92 Å². The fourth-order valence-corrected chi connectivity index (χ4v) is 3.58. The Morgan fingerprint density at radius 2 is 2.07 bits per heavy atom. The molecule has 1 rings (SSSR count). The lowest BCUT2D eigenvalue weighted by Crippen LogP contribution is -2.46. The summed E-state index contributed by atoms with van der Waals surface area (Å²) in [5.41, 5.74) is 5.13. The van der Waals surface area contributed by atoms with Gasteiger partial charge in [0.2, 0.25) is 5.91 Å². The fourth-order valence-electron chi connectivity index (χ4n) is 2.37. The van der Waals surface area contributed by atoms with E-state index >= 15 is 0 Å². The highest BCUT2D eigenvalue weighted by Gasteiger charge is 2.34. The van der Waals surface area contributed by atoms with Crippen LogP contribution in [-0.4, -0.2) is 75.8 Å². The summed E-state index contributed by atoms with van der Waals surface area (Å²) in [4.78, 5) is 60.4. The van der Waals surface area contributed by atoms with E-state index in [1.807, 2.05) is 0 Å². The molecule has 0 saturated heterocycles. The predicted molar refractivity (Wildman–Crippen MR) is 98.9 cm³/mol. The van der Waals surface area contributed by atoms with Crippen LogP contribution in [0.2, 0.25) is 0 Å². The summed E-state index contributed by atoms with van der Waals surface area (Å²) in [6.07, 6.45) is 0.754. The van der Waals surface area contributed by atoms with E-state index in [0.717, 1.165) is 0 Å². The van der Waals surface area contributed by atoms with Crippen LogP contribution in [0, 0.1) is 5.92 Å². The lowest BCUT2D eigenvalue weighted by atomic mass is 10.1. The topological polar surface area (TPSA) is 185 Å². The van der Waals surface area contributed by atoms with E-state index in [0.29, 0.717) is 6.29 Å². The molecule has 0 fully saturated rings. The largest absolute Gasteiger partial charge is 0.480 e. The maximum atomic E-state index is 12.0. The fraction of sp³-hybridized carbons (Fsp3) is 0.625. The maximum Gasteiger partial charge on any atom is 0.350 e. The number of carboxylic acid groups (broad SMARTS) is 2. The number of aliphatic carboxylic acids is 2. The number of nitrogens with two attached hydrogens (primary N) is 1. The number of carboxylic acids is 2. The Labute approximate surface area is 165 Å². The number of hydrogen-bond donors (Lipinski definition) is 4. The molecule has 1 aliphatic rings. The van der Waals surface area contributed by atoms with Gasteiger partial charge in [0.15, 0.2) is 0 Å². The Hall–Kier alpha value is -2.47. The number of carbonyl (C=O) groups excluding carboxylic acids is 3. The molecule has 0 aromatic carbocycles. The molecule has 1 aliphatic heterocycles. The number of hydrogen-bond acceptors (Lipinski definition) is 9. The molecule has 1 unspecified atom stereocenters. The van der Waals surface area contributed by atoms with E-state index in [4.69, 9.17) is 15.6 Å². The number of carbonyl (C=O) groups is 5. The van der Waals surface area contributed by atoms with Crippen molar-refractivity contribution in [3.63, 3.8) is 0 Å². The van der Waals surface area contributed by atoms with Crippen molar-refractivity contribution in [3.05, 3.63) is 0 Å². The lowest BCUT2D eigenvalue weighted by molar-refractivity contribution is -0.142. The molecule has 11 nitrogen and oxygen atoms in total. The van der Waals surface area contributed by atoms with Crippen molar-refractivity contribution in [2.45, 2.75) is 43.6 Å². The highest BCUT2D eigenvalue weighted by atomic mass is 32.2. The van der Waals surface area contributed by atoms with Crippen LogP contribution in [0.15, 0.2) is 4.99 Å². The highest BCUT2D eigenvalue weighted by Crippen LogP contribution is 2.26. The van der Waals surface area contributed by atoms with Crippen LogP contribution in [0.5, 0.6) is 0 Å². The molecule has 1 amide bonds. The van der Waals surface area contributed by atoms with Gasteiger partial charge in [-0.2, -0.15) is 0 Å². The highest BCUT2D eigenvalue weighted by molar-refractivity contribution is 8.00. The van der Waals surface area contributed by atoms with Crippen LogP contribution in [-0.2, 0) is 28.7 Å². The molecule has 0 aromatic rings. The molecule has 0 bridgehead atoms. The first kappa shape index (κ1) is 23.6. The first-order valence-electron chi connectivity index (χ1n) is 8.44. The Morgan fingerprint density at radius 1 is 1.39 bits per heavy atom. The zero-order chi connectivity index (χ0) is 21.3. The van der Waals surface area contributed by atoms with E-state index in [2.05, 4.69) is 10.3 Å². The summed E-state index contributed by atoms with van der Waals surface area (Å²) in [7, 11) is 0. The average Bonchev–Trinajstić information content (AvgIpc) is 2.63. The standard InChI is InChI=1S/C16H23N3O8S/c1-8(21)27-6-9-7-28-14(19-13(9)16(25)26)11(5-20)18-12(22)4-2-3-10(17)15(23)24/h5,9-11,14H,2-4,6-7,17H2,1H3,(H,18,22)(H,23,24)(H,25,26)/t9?,10-,11-,14-/m1/s1. The van der Waals surface area contributed by atoms with Gasteiger partial charge in [-0.25, -0.2) is 4.79 Å². The molecule has 5 N–H and O–H groups in total. The minimum absolute atomic E-state index is 0.0344. The van der Waals surface area contributed by atoms with Gasteiger partial charge in [0.1, 0.15) is 36.1 Å². The molecule has 12 heteroatoms. The quantitative estimate of drug-likeness (QED) is 0.241. The van der Waals surface area contributed by atoms with Crippen LogP contribution < -0.4 is 11.1 Å². The second-order valence-electron chi connectivity index (χ2n) is 6.11. The van der Waals surface area contributed by atoms with Crippen LogP contribution in [0.25, 0.3) is 0 Å². The number of thioether (sulfide) groups is 1. The van der Waals surface area contributed by atoms with Gasteiger partial charge in [0.25, 0.3) is 0 Å². The number of amides is 1. The van der Waals surface area contributed by atoms with Gasteiger partial charge in [-0.1, -0.05) is 0 Å². The van der Waals surface area contributed by atoms with E-state index in [1.165, 1.54) is 18.7 Å². The summed E-state index contributed by atoms with van der Waals surface area (Å²) < 4.78 is 4.84. The molecule has 0 saturated carbocycles. The van der Waals surface area contributed by atoms with Gasteiger partial charge >= 0.3 is 17.9 Å². The van der Waals surface area contributed by atoms with Crippen molar-refractivity contribution in [2.75, 3.05) is 12.4 Å². The molecule has 156 valence electrons. The van der Waals surface area contributed by atoms with Gasteiger partial charge in [-0.15, -0.1) is 11.8 Å². The molecule has 0 spiro atoms. The first-order valence-corrected chi connectivity index (χ1v) is 9.49. The molecular formula is C16H23N3O8S. The third-order valence-corrected chi connectivity index (χ3v) is 5.18. The number of esters is 1. The van der Waals surface area contributed by atoms with Crippen molar-refractivity contribution in [1.82, 2.24) is 5.32 Å². The molecule has 4 atom stereocenters. The van der Waals surface area contributed by atoms with Crippen LogP contribution >= 0.6 is 11.8 Å². The van der Waals surface area contributed by atoms with Gasteiger partial charge in [-0.3, -0.25) is 19.4 Å². The minimum atomic E-state index is -1.29. The smallest absolute Gasteiger partial charge is 0.350 e. The normalized spacial score (nSPS) is 21.0. The van der Waals surface area contributed by atoms with Gasteiger partial charge in [-0.05, 0) is 12.8 Å². The Kier molecular flexibility index (Phi) is 9.59. The van der Waals surface area contributed by atoms with Gasteiger partial charge < -0.3 is 30.8 Å². The number of rotatable bonds is 11. The Morgan fingerprint density at radius 3 is 2.61 bits per heavy atom. The Balaban J connectivity index is 2.68. The monoisotopic (exact) mass is 417 g/mol. The molecule has 0 aromatic heterocycles. The first-order chi connectivity index (χ1) is 13.1. The second kappa shape index (κ2) is 11.4. The van der Waals surface area contributed by atoms with Crippen molar-refractivity contribution < 1.29 is 38.9 Å². The number of nitrogens with zero attached hydrogens (tertiary/aromatic N) is 1. The molecule has 0 radical (unpaired) electrons. The number of aldehydes is 1. The third-order valence-electron chi connectivity index (χ3n) is 3.85. The van der Waals surface area contributed by atoms with Crippen LogP contribution in [0.1, 0.15) is 26.2 Å². The van der Waals surface area contributed by atoms with Crippen molar-refractivity contribution in [2.24, 2.45) is 16.6 Å². The second-order valence-corrected chi connectivity index (χ2v) is 7.26. The van der Waals surface area contributed by atoms with E-state index in [1.54, 1.807) is 0 Å². The SMILES string of the molecule is CC(=O)OCC1CS[C@H]([C@@H](C=O)NC(=O)CCC[C@@H](N)C(=O)O)N=C1C(=O)O. The minimum Gasteiger partial charge on any atom is -0.480 e. The van der Waals surface area contributed by atoms with Crippen LogP contribution in [0.3, 0.4) is 0 Å². The van der Waals surface area contributed by atoms with E-state index < -0.39 is 47.2 Å². The van der Waals surface area contributed by atoms with Crippen LogP contribution in [0.4, 0.5) is 0 Å². The molecular weight excluding hydrogens is 394 g/mol. The number of aliphatic imine (C=N–C) groups is 1. The molecule has 0 aliphatic carbocycles. The summed E-state index contributed by atoms with van der Waals surface area (Å²) >= 11 is 1.17. The van der Waals surface area contributed by atoms with E-state index in [-0.39, 0.29) is 37.3 Å². The summed E-state index contributed by atoms with van der Waals surface area (Å²) in [6, 6.07) is -2.12. The number of nitrogens with one attached hydrogen (secondary N) is 1. The van der Waals surface area contributed by atoms with Crippen molar-refractivity contribution >= 4 is 47.6 Å². The summed E-state index contributed by atoms with van der Waals surface area (Å²) in [5, 5.41) is 19.7. The molecule has 1 heterocycles. The maximum absolute atomic E-state index is 12.0. The zero-order valence-corrected chi connectivity index (χ0v) is 16.0. The average molecular weight is 417 g/mol. The third kappa shape index (κ3) is 7.64. The number of ether oxygens (including phenoxy) is 1. The van der Waals surface area contributed by atoms with Crippen molar-refractivity contribution in [3.8, 4) is 0 Å². The van der Waals surface area contributed by atoms with E-state index in [9.17, 15) is 29.1 Å². The summed E-state index contributed by atoms with van der Waals surface area (Å²) in [6.45, 7) is 1.07. The summed E-state index contributed by atoms with van der Waals surface area (Å²) in [5.74, 6) is -3.87. The lowest BCUT2D eigenvalue weighted by Gasteiger charge is -2.28. The molecule has 28 heavy (non-hydrogen) atoms. The zero-order valence-electron chi connectivity index (χ0n) is 15.2. The van der Waals surface area contributed by atoms with Crippen molar-refractivity contribution in [1.29, 1.82) is 0 Å². The predicted octanol–water partition coefficient (Wildman–Crippen LogP) is -0.970.